The van der Waals surface area contributed by atoms with Crippen molar-refractivity contribution in [2.75, 3.05) is 6.67 Å². The van der Waals surface area contributed by atoms with Gasteiger partial charge in [0.2, 0.25) is 0 Å². The van der Waals surface area contributed by atoms with Crippen LogP contribution in [0.3, 0.4) is 0 Å². The van der Waals surface area contributed by atoms with E-state index < -0.39 is 24.6 Å². The van der Waals surface area contributed by atoms with E-state index in [1.165, 1.54) is 0 Å². The summed E-state index contributed by atoms with van der Waals surface area (Å²) in [6.45, 7) is 4.79. The van der Waals surface area contributed by atoms with Crippen LogP contribution in [0.4, 0.5) is 4.39 Å². The first-order valence-electron chi connectivity index (χ1n) is 6.94. The lowest BCUT2D eigenvalue weighted by Gasteiger charge is -2.22. The van der Waals surface area contributed by atoms with E-state index >= 15 is 0 Å². The van der Waals surface area contributed by atoms with Gasteiger partial charge in [0.1, 0.15) is 12.4 Å². The first kappa shape index (κ1) is 15.5. The lowest BCUT2D eigenvalue weighted by atomic mass is 10.1. The number of alkyl halides is 1. The van der Waals surface area contributed by atoms with Crippen LogP contribution in [0.15, 0.2) is 6.07 Å². The van der Waals surface area contributed by atoms with E-state index in [9.17, 15) is 14.0 Å². The highest BCUT2D eigenvalue weighted by atomic mass is 19.1. The number of carbonyl (C=O) groups is 2. The summed E-state index contributed by atoms with van der Waals surface area (Å²) in [4.78, 5) is 22.8. The quantitative estimate of drug-likeness (QED) is 0.866. The number of carboxylic acids is 1. The molecule has 0 aromatic carbocycles. The molecule has 0 bridgehead atoms. The van der Waals surface area contributed by atoms with Crippen LogP contribution in [-0.4, -0.2) is 39.5 Å². The average Bonchev–Trinajstić information content (AvgIpc) is 3.12. The number of carboxylic acid groups (broad SMARTS) is 1. The van der Waals surface area contributed by atoms with Gasteiger partial charge in [-0.1, -0.05) is 0 Å². The van der Waals surface area contributed by atoms with Crippen LogP contribution < -0.4 is 5.32 Å². The van der Waals surface area contributed by atoms with E-state index in [1.54, 1.807) is 10.7 Å². The average molecular weight is 297 g/mol. The van der Waals surface area contributed by atoms with Crippen LogP contribution in [0.2, 0.25) is 0 Å². The molecule has 2 N–H and O–H groups in total. The summed E-state index contributed by atoms with van der Waals surface area (Å²) in [6, 6.07) is 0.136. The smallest absolute Gasteiger partial charge is 0.328 e. The SMILES string of the molecule is CC(C)(C)n1nc(C(=O)NC(CF)C(=O)O)cc1C1CC1. The van der Waals surface area contributed by atoms with Crippen molar-refractivity contribution < 1.29 is 19.1 Å². The second kappa shape index (κ2) is 5.46. The minimum atomic E-state index is -1.54. The third-order valence-corrected chi connectivity index (χ3v) is 3.36. The van der Waals surface area contributed by atoms with Crippen molar-refractivity contribution >= 4 is 11.9 Å². The molecule has 1 amide bonds. The van der Waals surface area contributed by atoms with Gasteiger partial charge in [-0.3, -0.25) is 9.48 Å². The number of halogens is 1. The monoisotopic (exact) mass is 297 g/mol. The molecular weight excluding hydrogens is 277 g/mol. The Bertz CT molecular complexity index is 558. The van der Waals surface area contributed by atoms with Gasteiger partial charge in [0.05, 0.1) is 5.54 Å². The van der Waals surface area contributed by atoms with Gasteiger partial charge >= 0.3 is 5.97 Å². The third kappa shape index (κ3) is 3.40. The van der Waals surface area contributed by atoms with Crippen molar-refractivity contribution in [1.29, 1.82) is 0 Å². The molecule has 1 aliphatic carbocycles. The molecule has 1 fully saturated rings. The van der Waals surface area contributed by atoms with Crippen molar-refractivity contribution in [2.24, 2.45) is 0 Å². The molecule has 1 atom stereocenters. The lowest BCUT2D eigenvalue weighted by Crippen LogP contribution is -2.42. The zero-order chi connectivity index (χ0) is 15.8. The number of hydrogen-bond donors (Lipinski definition) is 2. The van der Waals surface area contributed by atoms with Gasteiger partial charge in [-0.25, -0.2) is 9.18 Å². The minimum Gasteiger partial charge on any atom is -0.480 e. The predicted octanol–water partition coefficient (Wildman–Crippen LogP) is 1.67. The maximum absolute atomic E-state index is 12.6. The zero-order valence-electron chi connectivity index (χ0n) is 12.4. The molecule has 1 unspecified atom stereocenters. The maximum atomic E-state index is 12.6. The molecule has 116 valence electrons. The number of nitrogens with one attached hydrogen (secondary N) is 1. The third-order valence-electron chi connectivity index (χ3n) is 3.36. The molecule has 6 nitrogen and oxygen atoms in total. The van der Waals surface area contributed by atoms with Crippen LogP contribution in [0.5, 0.6) is 0 Å². The molecule has 1 aromatic rings. The van der Waals surface area contributed by atoms with Crippen LogP contribution in [-0.2, 0) is 10.3 Å². The summed E-state index contributed by atoms with van der Waals surface area (Å²) >= 11 is 0. The van der Waals surface area contributed by atoms with Crippen LogP contribution in [0, 0.1) is 0 Å². The van der Waals surface area contributed by atoms with Gasteiger partial charge < -0.3 is 10.4 Å². The topological polar surface area (TPSA) is 84.2 Å². The van der Waals surface area contributed by atoms with E-state index in [-0.39, 0.29) is 11.2 Å². The van der Waals surface area contributed by atoms with Gasteiger partial charge in [-0.15, -0.1) is 0 Å². The van der Waals surface area contributed by atoms with Gasteiger partial charge in [-0.2, -0.15) is 5.10 Å². The van der Waals surface area contributed by atoms with Gasteiger partial charge in [0.15, 0.2) is 6.04 Å². The summed E-state index contributed by atoms with van der Waals surface area (Å²) in [5, 5.41) is 15.2. The molecule has 1 heterocycles. The standard InChI is InChI=1S/C14H20FN3O3/c1-14(2,3)18-11(8-4-5-8)6-9(17-18)12(19)16-10(7-15)13(20)21/h6,8,10H,4-5,7H2,1-3H3,(H,16,19)(H,20,21). The van der Waals surface area contributed by atoms with Crippen molar-refractivity contribution in [2.45, 2.75) is 51.1 Å². The second-order valence-electron chi connectivity index (χ2n) is 6.33. The molecule has 0 radical (unpaired) electrons. The van der Waals surface area contributed by atoms with Crippen molar-refractivity contribution in [3.63, 3.8) is 0 Å². The highest BCUT2D eigenvalue weighted by molar-refractivity contribution is 5.95. The van der Waals surface area contributed by atoms with E-state index in [0.717, 1.165) is 18.5 Å². The number of carbonyl (C=O) groups excluding carboxylic acids is 1. The predicted molar refractivity (Wildman–Crippen MR) is 74.1 cm³/mol. The number of aliphatic carboxylic acids is 1. The van der Waals surface area contributed by atoms with Crippen LogP contribution in [0.1, 0.15) is 55.7 Å². The van der Waals surface area contributed by atoms with E-state index in [4.69, 9.17) is 5.11 Å². The Labute approximate surface area is 122 Å². The van der Waals surface area contributed by atoms with Gasteiger partial charge in [-0.05, 0) is 39.7 Å². The lowest BCUT2D eigenvalue weighted by molar-refractivity contribution is -0.139. The van der Waals surface area contributed by atoms with E-state index in [0.29, 0.717) is 5.92 Å². The zero-order valence-corrected chi connectivity index (χ0v) is 12.4. The maximum Gasteiger partial charge on any atom is 0.328 e. The highest BCUT2D eigenvalue weighted by Crippen LogP contribution is 2.41. The van der Waals surface area contributed by atoms with Crippen molar-refractivity contribution in [3.8, 4) is 0 Å². The largest absolute Gasteiger partial charge is 0.480 e. The minimum absolute atomic E-state index is 0.131. The van der Waals surface area contributed by atoms with Gasteiger partial charge in [0.25, 0.3) is 5.91 Å². The molecule has 1 aromatic heterocycles. The molecular formula is C14H20FN3O3. The fraction of sp³-hybridized carbons (Fsp3) is 0.643. The van der Waals surface area contributed by atoms with E-state index in [1.807, 2.05) is 20.8 Å². The fourth-order valence-corrected chi connectivity index (χ4v) is 2.11. The fourth-order valence-electron chi connectivity index (χ4n) is 2.11. The molecule has 7 heteroatoms. The molecule has 21 heavy (non-hydrogen) atoms. The molecule has 0 spiro atoms. The first-order chi connectivity index (χ1) is 9.74. The second-order valence-corrected chi connectivity index (χ2v) is 6.33. The Morgan fingerprint density at radius 3 is 2.57 bits per heavy atom. The van der Waals surface area contributed by atoms with E-state index in [2.05, 4.69) is 10.4 Å². The highest BCUT2D eigenvalue weighted by Gasteiger charge is 2.33. The number of amides is 1. The molecule has 1 aliphatic rings. The summed E-state index contributed by atoms with van der Waals surface area (Å²) < 4.78 is 14.4. The summed E-state index contributed by atoms with van der Waals surface area (Å²) in [5.74, 6) is -1.66. The number of hydrogen-bond acceptors (Lipinski definition) is 3. The molecule has 0 saturated heterocycles. The Kier molecular flexibility index (Phi) is 4.02. The first-order valence-corrected chi connectivity index (χ1v) is 6.94. The summed E-state index contributed by atoms with van der Waals surface area (Å²) in [7, 11) is 0. The Morgan fingerprint density at radius 2 is 2.14 bits per heavy atom. The number of nitrogens with zero attached hydrogens (tertiary/aromatic N) is 2. The Morgan fingerprint density at radius 1 is 1.52 bits per heavy atom. The molecule has 0 aliphatic heterocycles. The normalized spacial score (nSPS) is 16.6. The molecule has 1 saturated carbocycles. The number of aromatic nitrogens is 2. The van der Waals surface area contributed by atoms with Crippen LogP contribution >= 0.6 is 0 Å². The Balaban J connectivity index is 2.24. The van der Waals surface area contributed by atoms with Crippen molar-refractivity contribution in [3.05, 3.63) is 17.5 Å². The van der Waals surface area contributed by atoms with Crippen LogP contribution in [0.25, 0.3) is 0 Å². The summed E-state index contributed by atoms with van der Waals surface area (Å²) in [6.07, 6.45) is 2.12. The van der Waals surface area contributed by atoms with Gasteiger partial charge in [0, 0.05) is 11.6 Å². The Hall–Kier alpha value is -1.92. The molecule has 2 rings (SSSR count). The van der Waals surface area contributed by atoms with Crippen molar-refractivity contribution in [1.82, 2.24) is 15.1 Å². The summed E-state index contributed by atoms with van der Waals surface area (Å²) in [5.41, 5.74) is 0.828. The number of rotatable bonds is 5.